The van der Waals surface area contributed by atoms with E-state index in [4.69, 9.17) is 0 Å². The fourth-order valence-corrected chi connectivity index (χ4v) is 2.61. The van der Waals surface area contributed by atoms with E-state index in [2.05, 4.69) is 14.7 Å². The Bertz CT molecular complexity index is 866. The third-order valence-corrected chi connectivity index (χ3v) is 4.12. The largest absolute Gasteiger partial charge is 0.482 e. The monoisotopic (exact) mass is 419 g/mol. The summed E-state index contributed by atoms with van der Waals surface area (Å²) in [6, 6.07) is 2.54. The van der Waals surface area contributed by atoms with Crippen LogP contribution in [0.25, 0.3) is 0 Å². The number of aromatic nitrogens is 2. The van der Waals surface area contributed by atoms with Crippen molar-refractivity contribution >= 4 is 5.91 Å². The lowest BCUT2D eigenvalue weighted by Gasteiger charge is -2.21. The molecule has 0 radical (unpaired) electrons. The smallest absolute Gasteiger partial charge is 0.422 e. The summed E-state index contributed by atoms with van der Waals surface area (Å²) in [5.41, 5.74) is -0.569. The van der Waals surface area contributed by atoms with Crippen LogP contribution < -0.4 is 10.1 Å². The van der Waals surface area contributed by atoms with Crippen LogP contribution in [0, 0.1) is 0 Å². The Kier molecular flexibility index (Phi) is 5.67. The number of amides is 1. The molecule has 1 atom stereocenters. The number of nitrogens with one attached hydrogen (secondary N) is 1. The first kappa shape index (κ1) is 20.9. The van der Waals surface area contributed by atoms with E-state index in [-0.39, 0.29) is 5.92 Å². The number of rotatable bonds is 6. The van der Waals surface area contributed by atoms with Crippen molar-refractivity contribution in [3.8, 4) is 5.75 Å². The third kappa shape index (κ3) is 5.58. The maximum atomic E-state index is 13.4. The van der Waals surface area contributed by atoms with Crippen molar-refractivity contribution in [3.05, 3.63) is 53.6 Å². The number of hydrogen-bond donors (Lipinski definition) is 1. The zero-order valence-corrected chi connectivity index (χ0v) is 14.7. The predicted molar refractivity (Wildman–Crippen MR) is 88.3 cm³/mol. The van der Waals surface area contributed by atoms with Crippen LogP contribution >= 0.6 is 0 Å². The fraction of sp³-hybridized carbons (Fsp3) is 0.389. The summed E-state index contributed by atoms with van der Waals surface area (Å²) in [5, 5.41) is 1.74. The number of halogens is 6. The van der Waals surface area contributed by atoms with Gasteiger partial charge in [-0.25, -0.2) is 4.98 Å². The summed E-state index contributed by atoms with van der Waals surface area (Å²) in [6.45, 7) is -1.70. The SMILES string of the molecule is O=C(NC(c1ccccn1)C(F)(F)F)c1ncc(C2CC2)cc1OCC(F)(F)F. The van der Waals surface area contributed by atoms with E-state index in [1.54, 1.807) is 5.32 Å². The van der Waals surface area contributed by atoms with Gasteiger partial charge in [-0.15, -0.1) is 0 Å². The molecule has 1 aliphatic carbocycles. The standard InChI is InChI=1S/C18H15F6N3O2/c19-17(20,21)9-29-13-7-11(10-4-5-10)8-26-14(13)16(28)27-15(18(22,23)24)12-3-1-2-6-25-12/h1-3,6-8,10,15H,4-5,9H2,(H,27,28). The van der Waals surface area contributed by atoms with Crippen molar-refractivity contribution in [1.82, 2.24) is 15.3 Å². The zero-order valence-electron chi connectivity index (χ0n) is 14.7. The van der Waals surface area contributed by atoms with Crippen LogP contribution in [0.2, 0.25) is 0 Å². The maximum Gasteiger partial charge on any atom is 0.422 e. The summed E-state index contributed by atoms with van der Waals surface area (Å²) < 4.78 is 82.5. The van der Waals surface area contributed by atoms with Crippen LogP contribution in [0.4, 0.5) is 26.3 Å². The second-order valence-corrected chi connectivity index (χ2v) is 6.50. The van der Waals surface area contributed by atoms with E-state index in [1.807, 2.05) is 0 Å². The molecule has 156 valence electrons. The molecular formula is C18H15F6N3O2. The van der Waals surface area contributed by atoms with E-state index < -0.39 is 48.0 Å². The highest BCUT2D eigenvalue weighted by Gasteiger charge is 2.43. The lowest BCUT2D eigenvalue weighted by Crippen LogP contribution is -2.39. The highest BCUT2D eigenvalue weighted by atomic mass is 19.4. The average Bonchev–Trinajstić information content (AvgIpc) is 3.48. The van der Waals surface area contributed by atoms with Gasteiger partial charge in [0.15, 0.2) is 24.1 Å². The van der Waals surface area contributed by atoms with E-state index in [0.29, 0.717) is 5.56 Å². The number of hydrogen-bond acceptors (Lipinski definition) is 4. The molecular weight excluding hydrogens is 404 g/mol. The van der Waals surface area contributed by atoms with Crippen LogP contribution in [0.3, 0.4) is 0 Å². The van der Waals surface area contributed by atoms with Gasteiger partial charge in [0, 0.05) is 12.4 Å². The van der Waals surface area contributed by atoms with Crippen molar-refractivity contribution in [2.75, 3.05) is 6.61 Å². The first-order valence-corrected chi connectivity index (χ1v) is 8.52. The first-order chi connectivity index (χ1) is 13.5. The molecule has 2 aromatic rings. The summed E-state index contributed by atoms with van der Waals surface area (Å²) in [6.07, 6.45) is -5.57. The Hall–Kier alpha value is -2.85. The molecule has 0 aliphatic heterocycles. The van der Waals surface area contributed by atoms with E-state index in [0.717, 1.165) is 25.1 Å². The van der Waals surface area contributed by atoms with Crippen molar-refractivity contribution in [1.29, 1.82) is 0 Å². The molecule has 2 heterocycles. The Labute approximate surface area is 161 Å². The van der Waals surface area contributed by atoms with Gasteiger partial charge in [0.25, 0.3) is 5.91 Å². The molecule has 1 fully saturated rings. The van der Waals surface area contributed by atoms with Gasteiger partial charge >= 0.3 is 12.4 Å². The number of ether oxygens (including phenoxy) is 1. The number of carbonyl (C=O) groups is 1. The first-order valence-electron chi connectivity index (χ1n) is 8.52. The topological polar surface area (TPSA) is 64.1 Å². The van der Waals surface area contributed by atoms with Crippen molar-refractivity contribution in [2.45, 2.75) is 37.2 Å². The second kappa shape index (κ2) is 7.88. The van der Waals surface area contributed by atoms with Gasteiger partial charge in [-0.05, 0) is 42.5 Å². The summed E-state index contributed by atoms with van der Waals surface area (Å²) in [7, 11) is 0. The minimum absolute atomic E-state index is 0.0873. The molecule has 1 N–H and O–H groups in total. The highest BCUT2D eigenvalue weighted by Crippen LogP contribution is 2.41. The minimum atomic E-state index is -4.88. The third-order valence-electron chi connectivity index (χ3n) is 4.12. The lowest BCUT2D eigenvalue weighted by atomic mass is 10.1. The Morgan fingerprint density at radius 3 is 2.45 bits per heavy atom. The molecule has 3 rings (SSSR count). The molecule has 29 heavy (non-hydrogen) atoms. The number of carbonyl (C=O) groups excluding carboxylic acids is 1. The molecule has 1 amide bonds. The molecule has 0 bridgehead atoms. The van der Waals surface area contributed by atoms with Crippen LogP contribution in [0.1, 0.15) is 46.5 Å². The Morgan fingerprint density at radius 1 is 1.17 bits per heavy atom. The molecule has 1 saturated carbocycles. The van der Waals surface area contributed by atoms with Gasteiger partial charge in [-0.1, -0.05) is 6.07 Å². The van der Waals surface area contributed by atoms with Crippen molar-refractivity contribution in [2.24, 2.45) is 0 Å². The number of nitrogens with zero attached hydrogens (tertiary/aromatic N) is 2. The number of pyridine rings is 2. The molecule has 2 aromatic heterocycles. The molecule has 1 unspecified atom stereocenters. The Morgan fingerprint density at radius 2 is 1.90 bits per heavy atom. The molecule has 11 heteroatoms. The quantitative estimate of drug-likeness (QED) is 0.708. The predicted octanol–water partition coefficient (Wildman–Crippen LogP) is 4.33. The van der Waals surface area contributed by atoms with Crippen molar-refractivity contribution < 1.29 is 35.9 Å². The summed E-state index contributed by atoms with van der Waals surface area (Å²) in [5.74, 6) is -1.76. The molecule has 0 spiro atoms. The van der Waals surface area contributed by atoms with Gasteiger partial charge in [0.05, 0.1) is 5.69 Å². The van der Waals surface area contributed by atoms with Gasteiger partial charge in [0.2, 0.25) is 0 Å². The molecule has 0 aromatic carbocycles. The fourth-order valence-electron chi connectivity index (χ4n) is 2.61. The van der Waals surface area contributed by atoms with E-state index in [9.17, 15) is 31.1 Å². The maximum absolute atomic E-state index is 13.4. The summed E-state index contributed by atoms with van der Waals surface area (Å²) in [4.78, 5) is 19.8. The molecule has 5 nitrogen and oxygen atoms in total. The zero-order chi connectivity index (χ0) is 21.2. The van der Waals surface area contributed by atoms with Gasteiger partial charge in [0.1, 0.15) is 0 Å². The lowest BCUT2D eigenvalue weighted by molar-refractivity contribution is -0.156. The highest BCUT2D eigenvalue weighted by molar-refractivity contribution is 5.95. The second-order valence-electron chi connectivity index (χ2n) is 6.50. The minimum Gasteiger partial charge on any atom is -0.482 e. The van der Waals surface area contributed by atoms with Gasteiger partial charge < -0.3 is 10.1 Å². The van der Waals surface area contributed by atoms with Crippen LogP contribution in [-0.4, -0.2) is 34.8 Å². The van der Waals surface area contributed by atoms with Crippen molar-refractivity contribution in [3.63, 3.8) is 0 Å². The van der Waals surface area contributed by atoms with Gasteiger partial charge in [-0.3, -0.25) is 9.78 Å². The van der Waals surface area contributed by atoms with Crippen LogP contribution in [-0.2, 0) is 0 Å². The Balaban J connectivity index is 1.88. The number of alkyl halides is 6. The van der Waals surface area contributed by atoms with E-state index >= 15 is 0 Å². The normalized spacial score (nSPS) is 15.7. The van der Waals surface area contributed by atoms with E-state index in [1.165, 1.54) is 24.4 Å². The van der Waals surface area contributed by atoms with Gasteiger partial charge in [-0.2, -0.15) is 26.3 Å². The van der Waals surface area contributed by atoms with Crippen LogP contribution in [0.5, 0.6) is 5.75 Å². The summed E-state index contributed by atoms with van der Waals surface area (Å²) >= 11 is 0. The average molecular weight is 419 g/mol. The molecule has 1 aliphatic rings. The molecule has 0 saturated heterocycles. The van der Waals surface area contributed by atoms with Crippen LogP contribution in [0.15, 0.2) is 36.7 Å².